The summed E-state index contributed by atoms with van der Waals surface area (Å²) in [6, 6.07) is 0. The van der Waals surface area contributed by atoms with E-state index in [1.54, 1.807) is 0 Å². The first-order valence-electron chi connectivity index (χ1n) is 12.0. The number of hydrogen-bond donors (Lipinski definition) is 0. The molecule has 0 saturated heterocycles. The van der Waals surface area contributed by atoms with Gasteiger partial charge in [0.1, 0.15) is 18.3 Å². The summed E-state index contributed by atoms with van der Waals surface area (Å²) in [6.07, 6.45) is 7.48. The van der Waals surface area contributed by atoms with Gasteiger partial charge in [-0.25, -0.2) is 0 Å². The van der Waals surface area contributed by atoms with E-state index >= 15 is 0 Å². The average Bonchev–Trinajstić information content (AvgIpc) is 2.95. The fourth-order valence-electron chi connectivity index (χ4n) is 8.31. The van der Waals surface area contributed by atoms with E-state index < -0.39 is 0 Å². The minimum Gasteiger partial charge on any atom is -0.463 e. The van der Waals surface area contributed by atoms with Gasteiger partial charge in [-0.1, -0.05) is 13.8 Å². The minimum atomic E-state index is -0.209. The summed E-state index contributed by atoms with van der Waals surface area (Å²) in [4.78, 5) is 35.2. The highest BCUT2D eigenvalue weighted by Crippen LogP contribution is 2.67. The molecule has 0 heterocycles. The predicted octanol–water partition coefficient (Wildman–Crippen LogP) is 4.43. The molecule has 0 unspecified atom stereocenters. The van der Waals surface area contributed by atoms with Gasteiger partial charge in [0.05, 0.1) is 0 Å². The first kappa shape index (κ1) is 22.6. The Balaban J connectivity index is 1.62. The van der Waals surface area contributed by atoms with Crippen LogP contribution in [0.15, 0.2) is 0 Å². The molecule has 0 aromatic carbocycles. The Kier molecular flexibility index (Phi) is 5.89. The molecule has 6 heteroatoms. The first-order chi connectivity index (χ1) is 14.5. The summed E-state index contributed by atoms with van der Waals surface area (Å²) in [7, 11) is 0. The third-order valence-electron chi connectivity index (χ3n) is 9.23. The number of rotatable bonds is 3. The largest absolute Gasteiger partial charge is 0.463 e. The van der Waals surface area contributed by atoms with Crippen LogP contribution in [0, 0.1) is 34.5 Å². The summed E-state index contributed by atoms with van der Waals surface area (Å²) < 4.78 is 17.3. The molecule has 4 saturated carbocycles. The van der Waals surface area contributed by atoms with E-state index in [-0.39, 0.29) is 47.0 Å². The van der Waals surface area contributed by atoms with Crippen LogP contribution in [0.5, 0.6) is 0 Å². The predicted molar refractivity (Wildman–Crippen MR) is 114 cm³/mol. The molecule has 31 heavy (non-hydrogen) atoms. The van der Waals surface area contributed by atoms with E-state index in [1.165, 1.54) is 20.8 Å². The number of hydrogen-bond acceptors (Lipinski definition) is 6. The van der Waals surface area contributed by atoms with E-state index in [2.05, 4.69) is 13.8 Å². The molecule has 0 aromatic rings. The molecule has 4 aliphatic carbocycles. The van der Waals surface area contributed by atoms with Gasteiger partial charge >= 0.3 is 17.9 Å². The average molecular weight is 435 g/mol. The molecular formula is C25H38O6. The maximum atomic E-state index is 12.1. The van der Waals surface area contributed by atoms with Crippen molar-refractivity contribution in [2.45, 2.75) is 104 Å². The minimum absolute atomic E-state index is 0.00739. The van der Waals surface area contributed by atoms with Crippen molar-refractivity contribution in [2.24, 2.45) is 34.5 Å². The Morgan fingerprint density at radius 2 is 1.42 bits per heavy atom. The van der Waals surface area contributed by atoms with Crippen LogP contribution in [0.1, 0.15) is 86.0 Å². The molecule has 0 radical (unpaired) electrons. The summed E-state index contributed by atoms with van der Waals surface area (Å²) in [5.41, 5.74) is 0.0973. The van der Waals surface area contributed by atoms with Gasteiger partial charge in [0, 0.05) is 26.7 Å². The third-order valence-corrected chi connectivity index (χ3v) is 9.23. The molecule has 0 aliphatic heterocycles. The highest BCUT2D eigenvalue weighted by atomic mass is 16.6. The van der Waals surface area contributed by atoms with Crippen LogP contribution >= 0.6 is 0 Å². The number of fused-ring (bicyclic) bond motifs is 5. The van der Waals surface area contributed by atoms with Crippen LogP contribution in [0.2, 0.25) is 0 Å². The smallest absolute Gasteiger partial charge is 0.302 e. The lowest BCUT2D eigenvalue weighted by Crippen LogP contribution is -2.59. The molecule has 9 atom stereocenters. The van der Waals surface area contributed by atoms with Crippen molar-refractivity contribution >= 4 is 17.9 Å². The Morgan fingerprint density at radius 1 is 0.774 bits per heavy atom. The van der Waals surface area contributed by atoms with Gasteiger partial charge in [-0.15, -0.1) is 0 Å². The maximum Gasteiger partial charge on any atom is 0.302 e. The van der Waals surface area contributed by atoms with Crippen LogP contribution < -0.4 is 0 Å². The van der Waals surface area contributed by atoms with E-state index in [0.717, 1.165) is 51.4 Å². The normalized spacial score (nSPS) is 46.2. The van der Waals surface area contributed by atoms with Crippen LogP contribution in [0.3, 0.4) is 0 Å². The second-order valence-corrected chi connectivity index (χ2v) is 11.3. The molecule has 0 N–H and O–H groups in total. The number of esters is 3. The van der Waals surface area contributed by atoms with Crippen molar-refractivity contribution in [2.75, 3.05) is 0 Å². The highest BCUT2D eigenvalue weighted by molar-refractivity contribution is 5.67. The Bertz CT molecular complexity index is 748. The summed E-state index contributed by atoms with van der Waals surface area (Å²) in [5, 5.41) is 0. The maximum absolute atomic E-state index is 12.1. The quantitative estimate of drug-likeness (QED) is 0.483. The van der Waals surface area contributed by atoms with Gasteiger partial charge in [-0.2, -0.15) is 0 Å². The van der Waals surface area contributed by atoms with E-state index in [4.69, 9.17) is 14.2 Å². The van der Waals surface area contributed by atoms with Gasteiger partial charge in [-0.05, 0) is 80.0 Å². The standard InChI is InChI=1S/C25H38O6/c1-14(26)29-18-8-9-25(5)17(10-18)6-7-20-21-11-19(30-15(2)27)12-24(21,4)13-22(23(20)25)31-16(3)28/h17-23H,6-13H2,1-5H3/t17-,18+,19-,20+,21-,22+,23+,24-,25-/m0/s1. The van der Waals surface area contributed by atoms with E-state index in [0.29, 0.717) is 23.7 Å². The fourth-order valence-corrected chi connectivity index (χ4v) is 8.31. The van der Waals surface area contributed by atoms with Gasteiger partial charge in [0.2, 0.25) is 0 Å². The zero-order chi connectivity index (χ0) is 22.6. The van der Waals surface area contributed by atoms with Gasteiger partial charge in [-0.3, -0.25) is 14.4 Å². The van der Waals surface area contributed by atoms with Crippen molar-refractivity contribution < 1.29 is 28.6 Å². The number of carbonyl (C=O) groups excluding carboxylic acids is 3. The first-order valence-corrected chi connectivity index (χ1v) is 12.0. The monoisotopic (exact) mass is 434 g/mol. The molecular weight excluding hydrogens is 396 g/mol. The Hall–Kier alpha value is -1.59. The van der Waals surface area contributed by atoms with Crippen molar-refractivity contribution in [3.63, 3.8) is 0 Å². The molecule has 0 amide bonds. The topological polar surface area (TPSA) is 78.9 Å². The molecule has 0 bridgehead atoms. The lowest BCUT2D eigenvalue weighted by Gasteiger charge is -2.62. The van der Waals surface area contributed by atoms with E-state index in [1.807, 2.05) is 0 Å². The Labute approximate surface area is 185 Å². The summed E-state index contributed by atoms with van der Waals surface area (Å²) in [6.45, 7) is 9.18. The molecule has 4 aliphatic rings. The lowest BCUT2D eigenvalue weighted by atomic mass is 9.44. The zero-order valence-electron chi connectivity index (χ0n) is 19.6. The molecule has 4 rings (SSSR count). The SMILES string of the molecule is CC(=O)O[C@@H]1CC[C@@]2(C)[C@@H](CC[C@H]3[C@@H]2[C@H](OC(C)=O)C[C@]2(C)C[C@@H](OC(C)=O)C[C@@H]32)C1. The molecule has 174 valence electrons. The van der Waals surface area contributed by atoms with Crippen molar-refractivity contribution in [1.82, 2.24) is 0 Å². The summed E-state index contributed by atoms with van der Waals surface area (Å²) in [5.74, 6) is 1.12. The van der Waals surface area contributed by atoms with Crippen molar-refractivity contribution in [1.29, 1.82) is 0 Å². The van der Waals surface area contributed by atoms with Crippen molar-refractivity contribution in [3.05, 3.63) is 0 Å². The zero-order valence-corrected chi connectivity index (χ0v) is 19.6. The molecule has 0 spiro atoms. The van der Waals surface area contributed by atoms with Crippen LogP contribution in [-0.2, 0) is 28.6 Å². The Morgan fingerprint density at radius 3 is 2.06 bits per heavy atom. The second kappa shape index (κ2) is 8.08. The van der Waals surface area contributed by atoms with E-state index in [9.17, 15) is 14.4 Å². The fraction of sp³-hybridized carbons (Fsp3) is 0.880. The van der Waals surface area contributed by atoms with Crippen LogP contribution in [0.25, 0.3) is 0 Å². The third kappa shape index (κ3) is 4.11. The van der Waals surface area contributed by atoms with Gasteiger partial charge in [0.15, 0.2) is 0 Å². The second-order valence-electron chi connectivity index (χ2n) is 11.3. The molecule has 6 nitrogen and oxygen atoms in total. The van der Waals surface area contributed by atoms with Crippen molar-refractivity contribution in [3.8, 4) is 0 Å². The number of carbonyl (C=O) groups is 3. The van der Waals surface area contributed by atoms with Gasteiger partial charge in [0.25, 0.3) is 0 Å². The van der Waals surface area contributed by atoms with Gasteiger partial charge < -0.3 is 14.2 Å². The molecule has 0 aromatic heterocycles. The highest BCUT2D eigenvalue weighted by Gasteiger charge is 2.63. The number of ether oxygens (including phenoxy) is 3. The van der Waals surface area contributed by atoms with Crippen LogP contribution in [0.4, 0.5) is 0 Å². The van der Waals surface area contributed by atoms with Crippen LogP contribution in [-0.4, -0.2) is 36.2 Å². The lowest BCUT2D eigenvalue weighted by molar-refractivity contribution is -0.197. The summed E-state index contributed by atoms with van der Waals surface area (Å²) >= 11 is 0. The molecule has 4 fully saturated rings.